The Bertz CT molecular complexity index is 717. The zero-order valence-corrected chi connectivity index (χ0v) is 13.1. The van der Waals surface area contributed by atoms with Gasteiger partial charge >= 0.3 is 0 Å². The van der Waals surface area contributed by atoms with Crippen LogP contribution < -0.4 is 10.5 Å². The minimum absolute atomic E-state index is 0.0295. The van der Waals surface area contributed by atoms with Crippen molar-refractivity contribution in [3.8, 4) is 0 Å². The fourth-order valence-corrected chi connectivity index (χ4v) is 3.02. The molecule has 106 valence electrons. The Morgan fingerprint density at radius 3 is 2.55 bits per heavy atom. The molecule has 1 aromatic heterocycles. The summed E-state index contributed by atoms with van der Waals surface area (Å²) in [5.74, 6) is 0.0295. The predicted octanol–water partition coefficient (Wildman–Crippen LogP) is 2.18. The highest BCUT2D eigenvalue weighted by molar-refractivity contribution is 9.10. The Hall–Kier alpha value is -1.67. The maximum atomic E-state index is 12.2. The number of nitrogen functional groups attached to an aromatic ring is 1. The highest BCUT2D eigenvalue weighted by Gasteiger charge is 2.16. The highest BCUT2D eigenvalue weighted by atomic mass is 79.9. The average Bonchev–Trinajstić information content (AvgIpc) is 2.41. The number of aryl methyl sites for hydroxylation is 1. The summed E-state index contributed by atoms with van der Waals surface area (Å²) in [6, 6.07) is 5.35. The van der Waals surface area contributed by atoms with Crippen LogP contribution in [0.15, 0.2) is 40.0 Å². The van der Waals surface area contributed by atoms with Gasteiger partial charge in [-0.15, -0.1) is 0 Å². The first-order valence-corrected chi connectivity index (χ1v) is 8.09. The SMILES string of the molecule is CCc1cc(Br)ccc1NS(=O)(=O)c1cnc(N)nc1. The summed E-state index contributed by atoms with van der Waals surface area (Å²) in [5, 5.41) is 0. The molecule has 0 bridgehead atoms. The Kier molecular flexibility index (Phi) is 4.24. The van der Waals surface area contributed by atoms with Gasteiger partial charge in [-0.25, -0.2) is 18.4 Å². The van der Waals surface area contributed by atoms with Gasteiger partial charge in [0.05, 0.1) is 18.1 Å². The van der Waals surface area contributed by atoms with Crippen molar-refractivity contribution in [1.29, 1.82) is 0 Å². The van der Waals surface area contributed by atoms with Gasteiger partial charge in [0.25, 0.3) is 10.0 Å². The molecule has 3 N–H and O–H groups in total. The molecule has 1 aromatic carbocycles. The van der Waals surface area contributed by atoms with Crippen molar-refractivity contribution >= 4 is 37.6 Å². The second kappa shape index (κ2) is 5.76. The molecule has 1 heterocycles. The van der Waals surface area contributed by atoms with Crippen molar-refractivity contribution in [2.75, 3.05) is 10.5 Å². The van der Waals surface area contributed by atoms with Crippen LogP contribution in [0.1, 0.15) is 12.5 Å². The highest BCUT2D eigenvalue weighted by Crippen LogP contribution is 2.24. The molecule has 0 aliphatic heterocycles. The lowest BCUT2D eigenvalue weighted by molar-refractivity contribution is 0.600. The van der Waals surface area contributed by atoms with Crippen molar-refractivity contribution < 1.29 is 8.42 Å². The van der Waals surface area contributed by atoms with Crippen molar-refractivity contribution in [3.63, 3.8) is 0 Å². The molecule has 0 aliphatic carbocycles. The summed E-state index contributed by atoms with van der Waals surface area (Å²) < 4.78 is 27.9. The zero-order valence-electron chi connectivity index (χ0n) is 10.7. The van der Waals surface area contributed by atoms with Crippen LogP contribution >= 0.6 is 15.9 Å². The van der Waals surface area contributed by atoms with Crippen LogP contribution in [0.3, 0.4) is 0 Å². The number of benzene rings is 1. The largest absolute Gasteiger partial charge is 0.368 e. The van der Waals surface area contributed by atoms with Crippen molar-refractivity contribution in [2.24, 2.45) is 0 Å². The Labute approximate surface area is 125 Å². The van der Waals surface area contributed by atoms with E-state index in [0.29, 0.717) is 12.1 Å². The van der Waals surface area contributed by atoms with E-state index in [9.17, 15) is 8.42 Å². The molecule has 0 saturated heterocycles. The topological polar surface area (TPSA) is 98.0 Å². The molecule has 0 spiro atoms. The van der Waals surface area contributed by atoms with E-state index < -0.39 is 10.0 Å². The van der Waals surface area contributed by atoms with Crippen molar-refractivity contribution in [1.82, 2.24) is 9.97 Å². The van der Waals surface area contributed by atoms with E-state index in [-0.39, 0.29) is 10.8 Å². The number of hydrogen-bond acceptors (Lipinski definition) is 5. The van der Waals surface area contributed by atoms with Crippen LogP contribution in [0.4, 0.5) is 11.6 Å². The molecular weight excluding hydrogens is 344 g/mol. The third-order valence-electron chi connectivity index (χ3n) is 2.65. The van der Waals surface area contributed by atoms with Crippen LogP contribution in [-0.4, -0.2) is 18.4 Å². The molecule has 0 unspecified atom stereocenters. The molecule has 2 aromatic rings. The standard InChI is InChI=1S/C12H13BrN4O2S/c1-2-8-5-9(13)3-4-11(8)17-20(18,19)10-6-15-12(14)16-7-10/h3-7,17H,2H2,1H3,(H2,14,15,16). The van der Waals surface area contributed by atoms with Gasteiger partial charge in [0.2, 0.25) is 5.95 Å². The fourth-order valence-electron chi connectivity index (χ4n) is 1.62. The average molecular weight is 357 g/mol. The summed E-state index contributed by atoms with van der Waals surface area (Å²) in [5.41, 5.74) is 6.77. The fraction of sp³-hybridized carbons (Fsp3) is 0.167. The molecule has 0 atom stereocenters. The summed E-state index contributed by atoms with van der Waals surface area (Å²) >= 11 is 3.36. The van der Waals surface area contributed by atoms with E-state index in [2.05, 4.69) is 30.6 Å². The van der Waals surface area contributed by atoms with Crippen LogP contribution in [0.25, 0.3) is 0 Å². The van der Waals surface area contributed by atoms with E-state index in [1.54, 1.807) is 12.1 Å². The van der Waals surface area contributed by atoms with E-state index >= 15 is 0 Å². The molecule has 2 rings (SSSR count). The number of rotatable bonds is 4. The molecule has 6 nitrogen and oxygen atoms in total. The smallest absolute Gasteiger partial charge is 0.264 e. The van der Waals surface area contributed by atoms with Gasteiger partial charge in [-0.3, -0.25) is 4.72 Å². The Balaban J connectivity index is 2.35. The van der Waals surface area contributed by atoms with E-state index in [1.807, 2.05) is 13.0 Å². The number of halogens is 1. The molecule has 0 saturated carbocycles. The van der Waals surface area contributed by atoms with E-state index in [4.69, 9.17) is 5.73 Å². The van der Waals surface area contributed by atoms with Gasteiger partial charge in [-0.05, 0) is 30.2 Å². The first kappa shape index (κ1) is 14.7. The molecule has 0 amide bonds. The predicted molar refractivity (Wildman–Crippen MR) is 80.8 cm³/mol. The van der Waals surface area contributed by atoms with Crippen molar-refractivity contribution in [3.05, 3.63) is 40.6 Å². The lowest BCUT2D eigenvalue weighted by atomic mass is 10.1. The normalized spacial score (nSPS) is 11.3. The first-order chi connectivity index (χ1) is 9.42. The molecule has 0 fully saturated rings. The summed E-state index contributed by atoms with van der Waals surface area (Å²) in [7, 11) is -3.72. The maximum absolute atomic E-state index is 12.2. The van der Waals surface area contributed by atoms with Gasteiger partial charge in [0.15, 0.2) is 0 Å². The number of aromatic nitrogens is 2. The number of nitrogens with one attached hydrogen (secondary N) is 1. The summed E-state index contributed by atoms with van der Waals surface area (Å²) in [4.78, 5) is 7.34. The van der Waals surface area contributed by atoms with Gasteiger partial charge in [0, 0.05) is 4.47 Å². The molecular formula is C12H13BrN4O2S. The minimum atomic E-state index is -3.72. The third kappa shape index (κ3) is 3.26. The third-order valence-corrected chi connectivity index (χ3v) is 4.46. The van der Waals surface area contributed by atoms with Crippen LogP contribution in [0, 0.1) is 0 Å². The zero-order chi connectivity index (χ0) is 14.8. The number of sulfonamides is 1. The lowest BCUT2D eigenvalue weighted by Crippen LogP contribution is -2.15. The van der Waals surface area contributed by atoms with Gasteiger partial charge < -0.3 is 5.73 Å². The monoisotopic (exact) mass is 356 g/mol. The van der Waals surface area contributed by atoms with E-state index in [0.717, 1.165) is 10.0 Å². The Morgan fingerprint density at radius 2 is 1.95 bits per heavy atom. The van der Waals surface area contributed by atoms with Crippen molar-refractivity contribution in [2.45, 2.75) is 18.2 Å². The van der Waals surface area contributed by atoms with Gasteiger partial charge in [-0.1, -0.05) is 22.9 Å². The van der Waals surface area contributed by atoms with E-state index in [1.165, 1.54) is 12.4 Å². The number of nitrogens with two attached hydrogens (primary N) is 1. The quantitative estimate of drug-likeness (QED) is 0.874. The molecule has 20 heavy (non-hydrogen) atoms. The molecule has 0 radical (unpaired) electrons. The molecule has 0 aliphatic rings. The number of hydrogen-bond donors (Lipinski definition) is 2. The minimum Gasteiger partial charge on any atom is -0.368 e. The number of anilines is 2. The van der Waals surface area contributed by atoms with Gasteiger partial charge in [0.1, 0.15) is 4.90 Å². The van der Waals surface area contributed by atoms with Crippen LogP contribution in [0.2, 0.25) is 0 Å². The summed E-state index contributed by atoms with van der Waals surface area (Å²) in [6.07, 6.45) is 3.06. The van der Waals surface area contributed by atoms with Crippen LogP contribution in [-0.2, 0) is 16.4 Å². The Morgan fingerprint density at radius 1 is 1.30 bits per heavy atom. The second-order valence-corrected chi connectivity index (χ2v) is 6.64. The first-order valence-electron chi connectivity index (χ1n) is 5.81. The lowest BCUT2D eigenvalue weighted by Gasteiger charge is -2.11. The maximum Gasteiger partial charge on any atom is 0.264 e. The van der Waals surface area contributed by atoms with Gasteiger partial charge in [-0.2, -0.15) is 0 Å². The summed E-state index contributed by atoms with van der Waals surface area (Å²) in [6.45, 7) is 1.95. The van der Waals surface area contributed by atoms with Crippen LogP contribution in [0.5, 0.6) is 0 Å². The number of nitrogens with zero attached hydrogens (tertiary/aromatic N) is 2. The molecule has 8 heteroatoms. The second-order valence-electron chi connectivity index (χ2n) is 4.04.